The zero-order valence-corrected chi connectivity index (χ0v) is 12.3. The number of nitrogens with one attached hydrogen (secondary N) is 1. The molecule has 112 valence electrons. The van der Waals surface area contributed by atoms with Gasteiger partial charge in [-0.25, -0.2) is 4.98 Å². The predicted octanol–water partition coefficient (Wildman–Crippen LogP) is 1.79. The number of hydrogen-bond acceptors (Lipinski definition) is 5. The fourth-order valence-corrected chi connectivity index (χ4v) is 2.51. The molecule has 0 aliphatic carbocycles. The first kappa shape index (κ1) is 13.9. The van der Waals surface area contributed by atoms with Gasteiger partial charge in [0.1, 0.15) is 25.9 Å². The molecule has 21 heavy (non-hydrogen) atoms. The maximum Gasteiger partial charge on any atom is 0.161 e. The molecule has 1 aromatic heterocycles. The first-order valence-corrected chi connectivity index (χ1v) is 7.20. The van der Waals surface area contributed by atoms with Crippen molar-refractivity contribution < 1.29 is 9.47 Å². The number of aromatic nitrogens is 3. The molecule has 1 aliphatic rings. The average molecular weight is 288 g/mol. The molecule has 0 fully saturated rings. The number of fused-ring (bicyclic) bond motifs is 1. The van der Waals surface area contributed by atoms with E-state index in [1.165, 1.54) is 5.56 Å². The zero-order valence-electron chi connectivity index (χ0n) is 12.3. The Bertz CT molecular complexity index is 585. The second-order valence-corrected chi connectivity index (χ2v) is 5.31. The quantitative estimate of drug-likeness (QED) is 0.909. The van der Waals surface area contributed by atoms with Crippen molar-refractivity contribution in [3.8, 4) is 11.5 Å². The van der Waals surface area contributed by atoms with Crippen LogP contribution in [0.2, 0.25) is 0 Å². The van der Waals surface area contributed by atoms with Gasteiger partial charge in [-0.05, 0) is 31.5 Å². The Labute approximate surface area is 124 Å². The number of nitrogens with zero attached hydrogens (tertiary/aromatic N) is 3. The Kier molecular flexibility index (Phi) is 4.06. The summed E-state index contributed by atoms with van der Waals surface area (Å²) in [5.74, 6) is 1.66. The van der Waals surface area contributed by atoms with Crippen LogP contribution in [0.5, 0.6) is 11.5 Å². The van der Waals surface area contributed by atoms with Crippen molar-refractivity contribution >= 4 is 0 Å². The SMILES string of the molecule is C[C@H](Cn1cncn1)N[C@H](C)c1ccc2c(c1)OCCO2. The highest BCUT2D eigenvalue weighted by Gasteiger charge is 2.15. The Morgan fingerprint density at radius 2 is 2.05 bits per heavy atom. The second kappa shape index (κ2) is 6.13. The standard InChI is InChI=1S/C15H20N4O2/c1-11(8-19-10-16-9-17-19)18-12(2)13-3-4-14-15(7-13)21-6-5-20-14/h3-4,7,9-12,18H,5-6,8H2,1-2H3/t11-,12-/m1/s1. The molecule has 0 spiro atoms. The molecule has 0 unspecified atom stereocenters. The summed E-state index contributed by atoms with van der Waals surface area (Å²) < 4.78 is 13.0. The third-order valence-electron chi connectivity index (χ3n) is 3.53. The fourth-order valence-electron chi connectivity index (χ4n) is 2.51. The normalized spacial score (nSPS) is 16.5. The lowest BCUT2D eigenvalue weighted by Crippen LogP contribution is -2.32. The van der Waals surface area contributed by atoms with E-state index in [1.54, 1.807) is 12.7 Å². The third-order valence-corrected chi connectivity index (χ3v) is 3.53. The van der Waals surface area contributed by atoms with Gasteiger partial charge in [-0.2, -0.15) is 5.10 Å². The van der Waals surface area contributed by atoms with E-state index in [4.69, 9.17) is 9.47 Å². The van der Waals surface area contributed by atoms with Crippen molar-refractivity contribution in [3.63, 3.8) is 0 Å². The zero-order chi connectivity index (χ0) is 14.7. The molecule has 0 saturated heterocycles. The van der Waals surface area contributed by atoms with Crippen molar-refractivity contribution in [2.75, 3.05) is 13.2 Å². The molecule has 1 N–H and O–H groups in total. The summed E-state index contributed by atoms with van der Waals surface area (Å²) in [7, 11) is 0. The molecular weight excluding hydrogens is 268 g/mol. The van der Waals surface area contributed by atoms with Gasteiger partial charge in [0.2, 0.25) is 0 Å². The van der Waals surface area contributed by atoms with Gasteiger partial charge in [0.05, 0.1) is 6.54 Å². The topological polar surface area (TPSA) is 61.2 Å². The highest BCUT2D eigenvalue weighted by atomic mass is 16.6. The van der Waals surface area contributed by atoms with Gasteiger partial charge in [0.15, 0.2) is 11.5 Å². The van der Waals surface area contributed by atoms with Crippen LogP contribution in [0, 0.1) is 0 Å². The summed E-state index contributed by atoms with van der Waals surface area (Å²) in [6.07, 6.45) is 3.28. The monoisotopic (exact) mass is 288 g/mol. The molecule has 1 aliphatic heterocycles. The van der Waals surface area contributed by atoms with Crippen LogP contribution in [0.15, 0.2) is 30.9 Å². The lowest BCUT2D eigenvalue weighted by molar-refractivity contribution is 0.171. The van der Waals surface area contributed by atoms with Crippen molar-refractivity contribution in [1.29, 1.82) is 0 Å². The lowest BCUT2D eigenvalue weighted by atomic mass is 10.1. The summed E-state index contributed by atoms with van der Waals surface area (Å²) >= 11 is 0. The molecule has 6 heteroatoms. The van der Waals surface area contributed by atoms with E-state index >= 15 is 0 Å². The molecule has 2 atom stereocenters. The third kappa shape index (κ3) is 3.33. The molecule has 1 aromatic carbocycles. The van der Waals surface area contributed by atoms with E-state index < -0.39 is 0 Å². The highest BCUT2D eigenvalue weighted by molar-refractivity contribution is 5.44. The molecule has 2 heterocycles. The molecule has 2 aromatic rings. The van der Waals surface area contributed by atoms with Crippen molar-refractivity contribution in [3.05, 3.63) is 36.4 Å². The van der Waals surface area contributed by atoms with Crippen LogP contribution < -0.4 is 14.8 Å². The van der Waals surface area contributed by atoms with E-state index in [2.05, 4.69) is 35.3 Å². The van der Waals surface area contributed by atoms with Gasteiger partial charge in [-0.15, -0.1) is 0 Å². The molecule has 6 nitrogen and oxygen atoms in total. The van der Waals surface area contributed by atoms with Gasteiger partial charge in [0, 0.05) is 12.1 Å². The predicted molar refractivity (Wildman–Crippen MR) is 78.5 cm³/mol. The number of rotatable bonds is 5. The van der Waals surface area contributed by atoms with E-state index in [1.807, 2.05) is 16.8 Å². The molecule has 0 amide bonds. The van der Waals surface area contributed by atoms with E-state index in [0.29, 0.717) is 13.2 Å². The van der Waals surface area contributed by atoms with E-state index in [0.717, 1.165) is 18.0 Å². The summed E-state index contributed by atoms with van der Waals surface area (Å²) in [4.78, 5) is 3.95. The fraction of sp³-hybridized carbons (Fsp3) is 0.467. The van der Waals surface area contributed by atoms with Crippen LogP contribution in [-0.4, -0.2) is 34.0 Å². The Hall–Kier alpha value is -2.08. The lowest BCUT2D eigenvalue weighted by Gasteiger charge is -2.23. The molecule has 0 bridgehead atoms. The Morgan fingerprint density at radius 3 is 2.81 bits per heavy atom. The summed E-state index contributed by atoms with van der Waals surface area (Å²) in [5.41, 5.74) is 1.18. The van der Waals surface area contributed by atoms with Crippen LogP contribution in [0.1, 0.15) is 25.5 Å². The first-order chi connectivity index (χ1) is 10.2. The Balaban J connectivity index is 1.63. The van der Waals surface area contributed by atoms with Gasteiger partial charge in [0.25, 0.3) is 0 Å². The summed E-state index contributed by atoms with van der Waals surface area (Å²) in [5, 5.41) is 7.68. The Morgan fingerprint density at radius 1 is 1.24 bits per heavy atom. The van der Waals surface area contributed by atoms with Crippen LogP contribution in [0.4, 0.5) is 0 Å². The van der Waals surface area contributed by atoms with Crippen LogP contribution in [0.25, 0.3) is 0 Å². The van der Waals surface area contributed by atoms with E-state index in [9.17, 15) is 0 Å². The largest absolute Gasteiger partial charge is 0.486 e. The minimum absolute atomic E-state index is 0.222. The average Bonchev–Trinajstić information content (AvgIpc) is 2.99. The van der Waals surface area contributed by atoms with Crippen LogP contribution in [-0.2, 0) is 6.54 Å². The van der Waals surface area contributed by atoms with Crippen molar-refractivity contribution in [2.24, 2.45) is 0 Å². The van der Waals surface area contributed by atoms with Gasteiger partial charge in [-0.1, -0.05) is 6.07 Å². The first-order valence-electron chi connectivity index (χ1n) is 7.20. The van der Waals surface area contributed by atoms with Crippen LogP contribution in [0.3, 0.4) is 0 Å². The molecule has 0 radical (unpaired) electrons. The second-order valence-electron chi connectivity index (χ2n) is 5.31. The van der Waals surface area contributed by atoms with Gasteiger partial charge >= 0.3 is 0 Å². The van der Waals surface area contributed by atoms with E-state index in [-0.39, 0.29) is 12.1 Å². The molecule has 0 saturated carbocycles. The van der Waals surface area contributed by atoms with Crippen molar-refractivity contribution in [2.45, 2.75) is 32.5 Å². The number of benzene rings is 1. The summed E-state index contributed by atoms with van der Waals surface area (Å²) in [6, 6.07) is 6.61. The van der Waals surface area contributed by atoms with Crippen molar-refractivity contribution in [1.82, 2.24) is 20.1 Å². The summed E-state index contributed by atoms with van der Waals surface area (Å²) in [6.45, 7) is 6.30. The maximum absolute atomic E-state index is 5.63. The number of hydrogen-bond donors (Lipinski definition) is 1. The maximum atomic E-state index is 5.63. The molecule has 3 rings (SSSR count). The van der Waals surface area contributed by atoms with Gasteiger partial charge in [-0.3, -0.25) is 4.68 Å². The smallest absolute Gasteiger partial charge is 0.161 e. The minimum Gasteiger partial charge on any atom is -0.486 e. The minimum atomic E-state index is 0.222. The molecular formula is C15H20N4O2. The van der Waals surface area contributed by atoms with Crippen LogP contribution >= 0.6 is 0 Å². The van der Waals surface area contributed by atoms with Gasteiger partial charge < -0.3 is 14.8 Å². The number of ether oxygens (including phenoxy) is 2. The highest BCUT2D eigenvalue weighted by Crippen LogP contribution is 2.32.